The molecule has 2 nitrogen and oxygen atoms in total. The summed E-state index contributed by atoms with van der Waals surface area (Å²) in [5, 5.41) is 2.81. The molecule has 10 heavy (non-hydrogen) atoms. The van der Waals surface area contributed by atoms with Gasteiger partial charge in [-0.15, -0.1) is 0 Å². The summed E-state index contributed by atoms with van der Waals surface area (Å²) >= 11 is 1.56. The zero-order valence-electron chi connectivity index (χ0n) is 6.26. The van der Waals surface area contributed by atoms with Crippen LogP contribution in [0.25, 0.3) is 0 Å². The number of aromatic nitrogens is 1. The third-order valence-corrected chi connectivity index (χ3v) is 2.06. The van der Waals surface area contributed by atoms with Crippen LogP contribution in [0.3, 0.4) is 0 Å². The van der Waals surface area contributed by atoms with Crippen molar-refractivity contribution in [3.05, 3.63) is 11.1 Å². The molecule has 0 aliphatic rings. The van der Waals surface area contributed by atoms with Crippen LogP contribution in [0.15, 0.2) is 5.38 Å². The van der Waals surface area contributed by atoms with Crippen LogP contribution < -0.4 is 4.74 Å². The first-order valence-electron chi connectivity index (χ1n) is 3.35. The summed E-state index contributed by atoms with van der Waals surface area (Å²) < 4.78 is 4.95. The maximum absolute atomic E-state index is 4.95. The number of aryl methyl sites for hydroxylation is 1. The molecule has 0 spiro atoms. The molecular formula is C7H11NOS. The van der Waals surface area contributed by atoms with Gasteiger partial charge in [0.15, 0.2) is 0 Å². The molecule has 0 bridgehead atoms. The fraction of sp³-hybridized carbons (Fsp3) is 0.571. The van der Waals surface area contributed by atoms with Crippen LogP contribution in [-0.2, 0) is 6.42 Å². The van der Waals surface area contributed by atoms with Crippen molar-refractivity contribution < 1.29 is 4.74 Å². The molecule has 1 rings (SSSR count). The zero-order valence-corrected chi connectivity index (χ0v) is 7.07. The number of methoxy groups -OCH3 is 1. The fourth-order valence-electron chi connectivity index (χ4n) is 0.753. The first-order valence-corrected chi connectivity index (χ1v) is 4.23. The zero-order chi connectivity index (χ0) is 7.40. The van der Waals surface area contributed by atoms with E-state index in [1.54, 1.807) is 18.4 Å². The number of hydrogen-bond acceptors (Lipinski definition) is 3. The Hall–Kier alpha value is -0.570. The molecule has 1 aromatic rings. The van der Waals surface area contributed by atoms with Gasteiger partial charge >= 0.3 is 0 Å². The Morgan fingerprint density at radius 1 is 1.70 bits per heavy atom. The molecule has 0 amide bonds. The summed E-state index contributed by atoms with van der Waals surface area (Å²) in [7, 11) is 1.65. The number of thiazole rings is 1. The highest BCUT2D eigenvalue weighted by atomic mass is 32.1. The molecule has 56 valence electrons. The van der Waals surface area contributed by atoms with Crippen molar-refractivity contribution in [1.82, 2.24) is 4.98 Å². The number of rotatable bonds is 3. The van der Waals surface area contributed by atoms with Crippen molar-refractivity contribution in [3.8, 4) is 5.19 Å². The van der Waals surface area contributed by atoms with E-state index in [-0.39, 0.29) is 0 Å². The van der Waals surface area contributed by atoms with Gasteiger partial charge in [-0.1, -0.05) is 24.7 Å². The predicted octanol–water partition coefficient (Wildman–Crippen LogP) is 2.10. The molecule has 0 atom stereocenters. The van der Waals surface area contributed by atoms with Crippen LogP contribution >= 0.6 is 11.3 Å². The van der Waals surface area contributed by atoms with E-state index in [0.717, 1.165) is 23.7 Å². The fourth-order valence-corrected chi connectivity index (χ4v) is 1.43. The van der Waals surface area contributed by atoms with E-state index in [2.05, 4.69) is 11.9 Å². The molecule has 0 radical (unpaired) electrons. The van der Waals surface area contributed by atoms with Crippen LogP contribution in [-0.4, -0.2) is 12.1 Å². The molecule has 0 saturated heterocycles. The van der Waals surface area contributed by atoms with Gasteiger partial charge in [0.25, 0.3) is 5.19 Å². The van der Waals surface area contributed by atoms with Gasteiger partial charge in [0.2, 0.25) is 0 Å². The highest BCUT2D eigenvalue weighted by Gasteiger charge is 1.98. The van der Waals surface area contributed by atoms with Crippen molar-refractivity contribution in [2.75, 3.05) is 7.11 Å². The van der Waals surface area contributed by atoms with Crippen molar-refractivity contribution in [2.45, 2.75) is 19.8 Å². The first-order chi connectivity index (χ1) is 4.86. The topological polar surface area (TPSA) is 22.1 Å². The molecule has 0 aliphatic carbocycles. The van der Waals surface area contributed by atoms with Crippen LogP contribution in [0.2, 0.25) is 0 Å². The molecule has 0 unspecified atom stereocenters. The second-order valence-corrected chi connectivity index (χ2v) is 2.88. The Labute approximate surface area is 64.9 Å². The average Bonchev–Trinajstić information content (AvgIpc) is 2.37. The molecule has 0 saturated carbocycles. The standard InChI is InChI=1S/C7H11NOS/c1-3-4-6-5-10-7(8-6)9-2/h5H,3-4H2,1-2H3. The highest BCUT2D eigenvalue weighted by molar-refractivity contribution is 7.11. The largest absolute Gasteiger partial charge is 0.473 e. The summed E-state index contributed by atoms with van der Waals surface area (Å²) in [6.07, 6.45) is 2.20. The second-order valence-electron chi connectivity index (χ2n) is 2.06. The molecule has 1 heterocycles. The predicted molar refractivity (Wildman–Crippen MR) is 42.7 cm³/mol. The smallest absolute Gasteiger partial charge is 0.273 e. The van der Waals surface area contributed by atoms with Gasteiger partial charge in [0, 0.05) is 5.38 Å². The van der Waals surface area contributed by atoms with Gasteiger partial charge in [0.05, 0.1) is 12.8 Å². The van der Waals surface area contributed by atoms with E-state index in [1.807, 2.05) is 5.38 Å². The van der Waals surface area contributed by atoms with Crippen molar-refractivity contribution in [1.29, 1.82) is 0 Å². The number of ether oxygens (including phenoxy) is 1. The van der Waals surface area contributed by atoms with Crippen molar-refractivity contribution >= 4 is 11.3 Å². The Morgan fingerprint density at radius 3 is 3.00 bits per heavy atom. The van der Waals surface area contributed by atoms with Crippen molar-refractivity contribution in [2.24, 2.45) is 0 Å². The van der Waals surface area contributed by atoms with Gasteiger partial charge in [-0.3, -0.25) is 0 Å². The van der Waals surface area contributed by atoms with Gasteiger partial charge in [-0.05, 0) is 6.42 Å². The Balaban J connectivity index is 2.59. The van der Waals surface area contributed by atoms with Gasteiger partial charge in [0.1, 0.15) is 0 Å². The van der Waals surface area contributed by atoms with E-state index in [1.165, 1.54) is 0 Å². The number of hydrogen-bond donors (Lipinski definition) is 0. The third kappa shape index (κ3) is 1.70. The van der Waals surface area contributed by atoms with Gasteiger partial charge < -0.3 is 4.74 Å². The van der Waals surface area contributed by atoms with Crippen LogP contribution in [0.4, 0.5) is 0 Å². The quantitative estimate of drug-likeness (QED) is 0.670. The number of nitrogens with zero attached hydrogens (tertiary/aromatic N) is 1. The lowest BCUT2D eigenvalue weighted by Gasteiger charge is -1.89. The Morgan fingerprint density at radius 2 is 2.50 bits per heavy atom. The SMILES string of the molecule is CCCc1csc(OC)n1. The minimum absolute atomic E-state index is 0.767. The molecule has 0 N–H and O–H groups in total. The van der Waals surface area contributed by atoms with E-state index in [0.29, 0.717) is 0 Å². The lowest BCUT2D eigenvalue weighted by molar-refractivity contribution is 0.410. The van der Waals surface area contributed by atoms with Crippen LogP contribution in [0.5, 0.6) is 5.19 Å². The minimum atomic E-state index is 0.767. The van der Waals surface area contributed by atoms with E-state index < -0.39 is 0 Å². The lowest BCUT2D eigenvalue weighted by Crippen LogP contribution is -1.84. The molecule has 0 aromatic carbocycles. The second kappa shape index (κ2) is 3.56. The maximum atomic E-state index is 4.95. The summed E-state index contributed by atoms with van der Waals surface area (Å²) in [5.41, 5.74) is 1.14. The molecule has 0 fully saturated rings. The van der Waals surface area contributed by atoms with Gasteiger partial charge in [-0.25, -0.2) is 4.98 Å². The Bertz CT molecular complexity index is 197. The summed E-state index contributed by atoms with van der Waals surface area (Å²) in [4.78, 5) is 4.21. The Kier molecular flexibility index (Phi) is 2.68. The lowest BCUT2D eigenvalue weighted by atomic mass is 10.3. The summed E-state index contributed by atoms with van der Waals surface area (Å²) in [6.45, 7) is 2.14. The average molecular weight is 157 g/mol. The minimum Gasteiger partial charge on any atom is -0.473 e. The van der Waals surface area contributed by atoms with E-state index >= 15 is 0 Å². The highest BCUT2D eigenvalue weighted by Crippen LogP contribution is 2.17. The van der Waals surface area contributed by atoms with Crippen molar-refractivity contribution in [3.63, 3.8) is 0 Å². The summed E-state index contributed by atoms with van der Waals surface area (Å²) in [5.74, 6) is 0. The third-order valence-electron chi connectivity index (χ3n) is 1.21. The summed E-state index contributed by atoms with van der Waals surface area (Å²) in [6, 6.07) is 0. The molecule has 3 heteroatoms. The van der Waals surface area contributed by atoms with Gasteiger partial charge in [-0.2, -0.15) is 0 Å². The maximum Gasteiger partial charge on any atom is 0.273 e. The molecule has 0 aliphatic heterocycles. The molecular weight excluding hydrogens is 146 g/mol. The molecule has 1 aromatic heterocycles. The van der Waals surface area contributed by atoms with E-state index in [9.17, 15) is 0 Å². The van der Waals surface area contributed by atoms with Crippen LogP contribution in [0.1, 0.15) is 19.0 Å². The van der Waals surface area contributed by atoms with E-state index in [4.69, 9.17) is 4.74 Å². The van der Waals surface area contributed by atoms with Crippen LogP contribution in [0, 0.1) is 0 Å². The first kappa shape index (κ1) is 7.54. The normalized spacial score (nSPS) is 9.80. The monoisotopic (exact) mass is 157 g/mol.